The fourth-order valence-electron chi connectivity index (χ4n) is 8.73. The third-order valence-corrected chi connectivity index (χ3v) is 11.6. The molecule has 8 nitrogen and oxygen atoms in total. The van der Waals surface area contributed by atoms with Crippen molar-refractivity contribution in [1.29, 1.82) is 10.5 Å². The Morgan fingerprint density at radius 3 is 2.50 bits per heavy atom. The zero-order valence-corrected chi connectivity index (χ0v) is 25.4. The molecule has 4 aliphatic rings. The van der Waals surface area contributed by atoms with Crippen molar-refractivity contribution in [3.8, 4) is 12.1 Å². The maximum atomic E-state index is 16.1. The van der Waals surface area contributed by atoms with Crippen LogP contribution in [0.25, 0.3) is 10.9 Å². The van der Waals surface area contributed by atoms with Gasteiger partial charge in [0.15, 0.2) is 0 Å². The van der Waals surface area contributed by atoms with Crippen LogP contribution in [0.3, 0.4) is 0 Å². The molecular formula is C33H40FN7O. The molecule has 2 heterocycles. The predicted octanol–water partition coefficient (Wildman–Crippen LogP) is 4.51. The number of hydrogen-bond donors (Lipinski definition) is 2. The normalized spacial score (nSPS) is 32.5. The molecule has 7 atom stereocenters. The number of allylic oxidation sites excluding steroid dienone is 3. The van der Waals surface area contributed by atoms with Crippen LogP contribution in [0, 0.1) is 64.5 Å². The van der Waals surface area contributed by atoms with Gasteiger partial charge < -0.3 is 15.1 Å². The van der Waals surface area contributed by atoms with Crippen LogP contribution in [0.5, 0.6) is 0 Å². The van der Waals surface area contributed by atoms with Gasteiger partial charge in [0, 0.05) is 79.2 Å². The number of nitrogens with one attached hydrogen (secondary N) is 2. The zero-order chi connectivity index (χ0) is 30.3. The van der Waals surface area contributed by atoms with Gasteiger partial charge in [0.25, 0.3) is 0 Å². The quantitative estimate of drug-likeness (QED) is 0.495. The number of fused-ring (bicyclic) bond motifs is 4. The van der Waals surface area contributed by atoms with Gasteiger partial charge in [-0.15, -0.1) is 0 Å². The number of aromatic nitrogens is 2. The Bertz CT molecular complexity index is 1620. The molecule has 4 fully saturated rings. The maximum absolute atomic E-state index is 16.1. The number of rotatable bonds is 6. The summed E-state index contributed by atoms with van der Waals surface area (Å²) < 4.78 is 16.1. The van der Waals surface area contributed by atoms with E-state index in [9.17, 15) is 15.3 Å². The largest absolute Gasteiger partial charge is 0.380 e. The first-order valence-electron chi connectivity index (χ1n) is 15.0. The molecule has 0 spiro atoms. The molecule has 1 aliphatic heterocycles. The molecule has 2 N–H and O–H groups in total. The molecule has 3 saturated carbocycles. The van der Waals surface area contributed by atoms with E-state index in [4.69, 9.17) is 0 Å². The first kappa shape index (κ1) is 28.4. The van der Waals surface area contributed by atoms with Gasteiger partial charge in [0.05, 0.1) is 34.6 Å². The van der Waals surface area contributed by atoms with Crippen LogP contribution >= 0.6 is 0 Å². The monoisotopic (exact) mass is 569 g/mol. The fourth-order valence-corrected chi connectivity index (χ4v) is 8.73. The van der Waals surface area contributed by atoms with Gasteiger partial charge in [-0.1, -0.05) is 20.4 Å². The van der Waals surface area contributed by atoms with Gasteiger partial charge >= 0.3 is 0 Å². The molecule has 0 bridgehead atoms. The average Bonchev–Trinajstić information content (AvgIpc) is 3.89. The first-order chi connectivity index (χ1) is 20.0. The van der Waals surface area contributed by atoms with Crippen LogP contribution in [0.1, 0.15) is 56.4 Å². The SMILES string of the molecule is C=C(C#N)C(/C(C#N)=C(/C)N(C)C)c1cc2c(C34CC3C3CC3(C(=O)N3CCNCC3)C(C)C4C)[nH]nc2c(C)c1F. The van der Waals surface area contributed by atoms with Crippen LogP contribution < -0.4 is 5.32 Å². The number of piperazine rings is 1. The van der Waals surface area contributed by atoms with Crippen molar-refractivity contribution >= 4 is 16.8 Å². The third kappa shape index (κ3) is 3.65. The van der Waals surface area contributed by atoms with Crippen molar-refractivity contribution in [3.05, 3.63) is 52.1 Å². The van der Waals surface area contributed by atoms with Crippen LogP contribution in [0.15, 0.2) is 29.5 Å². The highest BCUT2D eigenvalue weighted by atomic mass is 19.1. The van der Waals surface area contributed by atoms with E-state index in [0.29, 0.717) is 40.1 Å². The number of aromatic amines is 1. The second-order valence-corrected chi connectivity index (χ2v) is 13.3. The van der Waals surface area contributed by atoms with Gasteiger partial charge in [-0.2, -0.15) is 15.6 Å². The van der Waals surface area contributed by atoms with Gasteiger partial charge in [-0.3, -0.25) is 9.89 Å². The molecule has 1 amide bonds. The van der Waals surface area contributed by atoms with E-state index in [1.54, 1.807) is 24.8 Å². The minimum atomic E-state index is -0.906. The van der Waals surface area contributed by atoms with Crippen molar-refractivity contribution < 1.29 is 9.18 Å². The lowest BCUT2D eigenvalue weighted by atomic mass is 9.65. The summed E-state index contributed by atoms with van der Waals surface area (Å²) in [4.78, 5) is 17.8. The van der Waals surface area contributed by atoms with Crippen LogP contribution in [-0.4, -0.2) is 66.2 Å². The van der Waals surface area contributed by atoms with E-state index in [0.717, 1.165) is 50.1 Å². The molecule has 7 unspecified atom stereocenters. The average molecular weight is 570 g/mol. The van der Waals surface area contributed by atoms with Crippen molar-refractivity contribution in [1.82, 2.24) is 25.3 Å². The number of carbonyl (C=O) groups is 1. The van der Waals surface area contributed by atoms with Gasteiger partial charge in [-0.25, -0.2) is 4.39 Å². The maximum Gasteiger partial charge on any atom is 0.229 e. The molecule has 1 aromatic carbocycles. The second-order valence-electron chi connectivity index (χ2n) is 13.3. The minimum Gasteiger partial charge on any atom is -0.380 e. The van der Waals surface area contributed by atoms with Crippen LogP contribution in [0.4, 0.5) is 4.39 Å². The van der Waals surface area contributed by atoms with E-state index < -0.39 is 11.7 Å². The van der Waals surface area contributed by atoms with E-state index in [1.165, 1.54) is 0 Å². The molecule has 9 heteroatoms. The van der Waals surface area contributed by atoms with Crippen molar-refractivity contribution in [3.63, 3.8) is 0 Å². The number of aryl methyl sites for hydroxylation is 1. The molecule has 6 rings (SSSR count). The Kier molecular flexibility index (Phi) is 6.55. The summed E-state index contributed by atoms with van der Waals surface area (Å²) >= 11 is 0. The number of halogens is 1. The molecule has 1 aromatic heterocycles. The zero-order valence-electron chi connectivity index (χ0n) is 25.4. The van der Waals surface area contributed by atoms with Gasteiger partial charge in [0.1, 0.15) is 5.82 Å². The van der Waals surface area contributed by atoms with Crippen LogP contribution in [0.2, 0.25) is 0 Å². The number of benzene rings is 1. The predicted molar refractivity (Wildman–Crippen MR) is 158 cm³/mol. The summed E-state index contributed by atoms with van der Waals surface area (Å²) in [7, 11) is 3.64. The fraction of sp³-hybridized carbons (Fsp3) is 0.576. The number of H-pyrrole nitrogens is 1. The third-order valence-electron chi connectivity index (χ3n) is 11.6. The van der Waals surface area contributed by atoms with Gasteiger partial charge in [0.2, 0.25) is 5.91 Å². The Morgan fingerprint density at radius 2 is 1.88 bits per heavy atom. The Hall–Kier alpha value is -3.69. The first-order valence-corrected chi connectivity index (χ1v) is 15.0. The van der Waals surface area contributed by atoms with E-state index in [2.05, 4.69) is 53.0 Å². The highest BCUT2D eigenvalue weighted by Gasteiger charge is 2.81. The highest BCUT2D eigenvalue weighted by Crippen LogP contribution is 2.81. The molecule has 1 saturated heterocycles. The molecule has 220 valence electrons. The lowest BCUT2D eigenvalue weighted by molar-refractivity contribution is -0.142. The van der Waals surface area contributed by atoms with Crippen molar-refractivity contribution in [2.45, 2.75) is 51.9 Å². The number of amides is 1. The summed E-state index contributed by atoms with van der Waals surface area (Å²) in [6.07, 6.45) is 1.91. The number of nitrogens with zero attached hydrogens (tertiary/aromatic N) is 5. The second kappa shape index (κ2) is 9.67. The smallest absolute Gasteiger partial charge is 0.229 e. The summed E-state index contributed by atoms with van der Waals surface area (Å²) in [5, 5.41) is 32.2. The molecular weight excluding hydrogens is 529 g/mol. The summed E-state index contributed by atoms with van der Waals surface area (Å²) in [6, 6.07) is 6.13. The Balaban J connectivity index is 1.44. The lowest BCUT2D eigenvalue weighted by Crippen LogP contribution is -2.52. The number of carbonyl (C=O) groups excluding carboxylic acids is 1. The number of hydrogen-bond acceptors (Lipinski definition) is 6. The number of nitriles is 2. The molecule has 42 heavy (non-hydrogen) atoms. The summed E-state index contributed by atoms with van der Waals surface area (Å²) in [5.41, 5.74) is 2.84. The van der Waals surface area contributed by atoms with Crippen LogP contribution in [-0.2, 0) is 10.2 Å². The van der Waals surface area contributed by atoms with Crippen molar-refractivity contribution in [2.75, 3.05) is 40.3 Å². The Labute approximate surface area is 247 Å². The van der Waals surface area contributed by atoms with Crippen molar-refractivity contribution in [2.24, 2.45) is 29.1 Å². The Morgan fingerprint density at radius 1 is 1.19 bits per heavy atom. The molecule has 3 aliphatic carbocycles. The lowest BCUT2D eigenvalue weighted by Gasteiger charge is -2.42. The van der Waals surface area contributed by atoms with E-state index in [1.807, 2.05) is 14.1 Å². The molecule has 0 radical (unpaired) electrons. The standard InChI is InChI=1S/C33H40FN7O/c1-17(15-35)27(24(16-36)21(5)40(6)7)22-12-23-29(18(2)28(22)34)38-39-30(23)32-13-25(32)26-14-33(26,20(4)19(32)3)31(42)41-10-8-37-9-11-41/h12,19-20,25-27,37H,1,8-11,13-14H2,2-7H3,(H,38,39)/b24-21-. The summed E-state index contributed by atoms with van der Waals surface area (Å²) in [5.74, 6) is 0.0745. The summed E-state index contributed by atoms with van der Waals surface area (Å²) in [6.45, 7) is 15.2. The highest BCUT2D eigenvalue weighted by molar-refractivity contribution is 5.90. The van der Waals surface area contributed by atoms with E-state index in [-0.39, 0.29) is 33.8 Å². The molecule has 2 aromatic rings. The topological polar surface area (TPSA) is 112 Å². The van der Waals surface area contributed by atoms with Gasteiger partial charge in [-0.05, 0) is 56.4 Å². The minimum absolute atomic E-state index is 0.117. The van der Waals surface area contributed by atoms with E-state index >= 15 is 4.39 Å².